The third-order valence-electron chi connectivity index (χ3n) is 3.89. The number of anilines is 1. The molecule has 0 radical (unpaired) electrons. The van der Waals surface area contributed by atoms with Crippen molar-refractivity contribution < 1.29 is 4.74 Å². The van der Waals surface area contributed by atoms with Gasteiger partial charge in [0.1, 0.15) is 5.75 Å². The molecule has 0 aliphatic heterocycles. The van der Waals surface area contributed by atoms with Crippen LogP contribution in [0.1, 0.15) is 17.2 Å². The second-order valence-corrected chi connectivity index (χ2v) is 6.33. The summed E-state index contributed by atoms with van der Waals surface area (Å²) >= 11 is 5.41. The molecule has 5 heteroatoms. The number of likely N-dealkylation sites (N-methyl/N-ethyl adjacent to an activating group) is 1. The molecule has 2 aromatic rings. The van der Waals surface area contributed by atoms with Crippen LogP contribution in [0.2, 0.25) is 0 Å². The molecule has 128 valence electrons. The Labute approximate surface area is 149 Å². The van der Waals surface area contributed by atoms with Crippen molar-refractivity contribution in [2.45, 2.75) is 13.0 Å². The van der Waals surface area contributed by atoms with Crippen molar-refractivity contribution in [1.29, 1.82) is 0 Å². The van der Waals surface area contributed by atoms with E-state index in [4.69, 9.17) is 17.0 Å². The Morgan fingerprint density at radius 3 is 2.42 bits per heavy atom. The smallest absolute Gasteiger partial charge is 0.170 e. The number of nitrogens with zero attached hydrogens (tertiary/aromatic N) is 1. The molecule has 0 saturated heterocycles. The normalized spacial score (nSPS) is 11.9. The van der Waals surface area contributed by atoms with Gasteiger partial charge in [0, 0.05) is 17.8 Å². The van der Waals surface area contributed by atoms with Crippen LogP contribution in [-0.4, -0.2) is 37.8 Å². The van der Waals surface area contributed by atoms with Gasteiger partial charge in [-0.3, -0.25) is 0 Å². The average molecular weight is 343 g/mol. The van der Waals surface area contributed by atoms with Crippen LogP contribution < -0.4 is 15.4 Å². The maximum Gasteiger partial charge on any atom is 0.170 e. The molecule has 4 nitrogen and oxygen atoms in total. The Hall–Kier alpha value is -2.11. The number of hydrogen-bond acceptors (Lipinski definition) is 3. The highest BCUT2D eigenvalue weighted by molar-refractivity contribution is 7.80. The third kappa shape index (κ3) is 4.94. The predicted molar refractivity (Wildman–Crippen MR) is 105 cm³/mol. The van der Waals surface area contributed by atoms with E-state index in [1.807, 2.05) is 30.3 Å². The quantitative estimate of drug-likeness (QED) is 0.784. The molecule has 1 atom stereocenters. The van der Waals surface area contributed by atoms with Gasteiger partial charge in [-0.15, -0.1) is 0 Å². The van der Waals surface area contributed by atoms with Gasteiger partial charge in [0.15, 0.2) is 5.11 Å². The van der Waals surface area contributed by atoms with E-state index in [0.29, 0.717) is 11.7 Å². The SMILES string of the molecule is COc1ccccc1C(CNC(=S)Nc1ccc(C)cc1)N(C)C. The van der Waals surface area contributed by atoms with E-state index in [-0.39, 0.29) is 6.04 Å². The first-order valence-corrected chi connectivity index (χ1v) is 8.33. The van der Waals surface area contributed by atoms with E-state index in [0.717, 1.165) is 17.0 Å². The fraction of sp³-hybridized carbons (Fsp3) is 0.316. The molecule has 0 aliphatic rings. The highest BCUT2D eigenvalue weighted by atomic mass is 32.1. The highest BCUT2D eigenvalue weighted by Crippen LogP contribution is 2.27. The van der Waals surface area contributed by atoms with Crippen LogP contribution in [0.25, 0.3) is 0 Å². The lowest BCUT2D eigenvalue weighted by molar-refractivity contribution is 0.288. The highest BCUT2D eigenvalue weighted by Gasteiger charge is 2.18. The Bertz CT molecular complexity index is 671. The van der Waals surface area contributed by atoms with Crippen LogP contribution in [-0.2, 0) is 0 Å². The summed E-state index contributed by atoms with van der Waals surface area (Å²) in [6.07, 6.45) is 0. The van der Waals surface area contributed by atoms with Crippen molar-refractivity contribution in [2.75, 3.05) is 33.1 Å². The molecule has 0 heterocycles. The van der Waals surface area contributed by atoms with Crippen LogP contribution in [0, 0.1) is 6.92 Å². The summed E-state index contributed by atoms with van der Waals surface area (Å²) in [5.41, 5.74) is 3.34. The topological polar surface area (TPSA) is 36.5 Å². The Morgan fingerprint density at radius 2 is 1.79 bits per heavy atom. The molecule has 24 heavy (non-hydrogen) atoms. The van der Waals surface area contributed by atoms with Crippen molar-refractivity contribution in [3.05, 3.63) is 59.7 Å². The fourth-order valence-electron chi connectivity index (χ4n) is 2.51. The van der Waals surface area contributed by atoms with Crippen LogP contribution in [0.3, 0.4) is 0 Å². The van der Waals surface area contributed by atoms with Gasteiger partial charge < -0.3 is 20.3 Å². The Balaban J connectivity index is 2.01. The molecule has 2 N–H and O–H groups in total. The van der Waals surface area contributed by atoms with E-state index >= 15 is 0 Å². The standard InChI is InChI=1S/C19H25N3OS/c1-14-9-11-15(12-10-14)21-19(24)20-13-17(22(2)3)16-7-5-6-8-18(16)23-4/h5-12,17H,13H2,1-4H3,(H2,20,21,24). The van der Waals surface area contributed by atoms with Crippen molar-refractivity contribution >= 4 is 23.0 Å². The van der Waals surface area contributed by atoms with Gasteiger partial charge in [-0.1, -0.05) is 35.9 Å². The minimum Gasteiger partial charge on any atom is -0.496 e. The van der Waals surface area contributed by atoms with Gasteiger partial charge in [-0.2, -0.15) is 0 Å². The van der Waals surface area contributed by atoms with Crippen molar-refractivity contribution in [3.8, 4) is 5.75 Å². The molecule has 1 unspecified atom stereocenters. The van der Waals surface area contributed by atoms with Gasteiger partial charge in [0.2, 0.25) is 0 Å². The van der Waals surface area contributed by atoms with Crippen LogP contribution in [0.5, 0.6) is 5.75 Å². The molecular weight excluding hydrogens is 318 g/mol. The Morgan fingerprint density at radius 1 is 1.12 bits per heavy atom. The van der Waals surface area contributed by atoms with Gasteiger partial charge >= 0.3 is 0 Å². The lowest BCUT2D eigenvalue weighted by Gasteiger charge is -2.27. The number of hydrogen-bond donors (Lipinski definition) is 2. The second kappa shape index (κ2) is 8.66. The molecular formula is C19H25N3OS. The van der Waals surface area contributed by atoms with Gasteiger partial charge in [0.05, 0.1) is 13.2 Å². The number of benzene rings is 2. The summed E-state index contributed by atoms with van der Waals surface area (Å²) < 4.78 is 5.49. The van der Waals surface area contributed by atoms with Crippen molar-refractivity contribution in [2.24, 2.45) is 0 Å². The molecule has 0 amide bonds. The van der Waals surface area contributed by atoms with Crippen molar-refractivity contribution in [1.82, 2.24) is 10.2 Å². The summed E-state index contributed by atoms with van der Waals surface area (Å²) in [5.74, 6) is 0.885. The van der Waals surface area contributed by atoms with E-state index in [1.54, 1.807) is 7.11 Å². The van der Waals surface area contributed by atoms with Crippen LogP contribution in [0.15, 0.2) is 48.5 Å². The third-order valence-corrected chi connectivity index (χ3v) is 4.13. The lowest BCUT2D eigenvalue weighted by atomic mass is 10.0. The second-order valence-electron chi connectivity index (χ2n) is 5.92. The predicted octanol–water partition coefficient (Wildman–Crippen LogP) is 3.59. The summed E-state index contributed by atoms with van der Waals surface area (Å²) in [7, 11) is 5.80. The largest absolute Gasteiger partial charge is 0.496 e. The van der Waals surface area contributed by atoms with Gasteiger partial charge in [0.25, 0.3) is 0 Å². The molecule has 2 rings (SSSR count). The molecule has 0 aromatic heterocycles. The summed E-state index contributed by atoms with van der Waals surface area (Å²) in [4.78, 5) is 2.15. The summed E-state index contributed by atoms with van der Waals surface area (Å²) in [6.45, 7) is 2.75. The number of nitrogens with one attached hydrogen (secondary N) is 2. The maximum atomic E-state index is 5.49. The summed E-state index contributed by atoms with van der Waals surface area (Å²) in [6, 6.07) is 16.4. The first-order chi connectivity index (χ1) is 11.5. The zero-order valence-corrected chi connectivity index (χ0v) is 15.5. The monoisotopic (exact) mass is 343 g/mol. The average Bonchev–Trinajstić information content (AvgIpc) is 2.57. The minimum absolute atomic E-state index is 0.152. The molecule has 0 aliphatic carbocycles. The lowest BCUT2D eigenvalue weighted by Crippen LogP contribution is -2.36. The number of methoxy groups -OCH3 is 1. The van der Waals surface area contributed by atoms with Gasteiger partial charge in [-0.05, 0) is 51.4 Å². The van der Waals surface area contributed by atoms with E-state index in [9.17, 15) is 0 Å². The first-order valence-electron chi connectivity index (χ1n) is 7.92. The minimum atomic E-state index is 0.152. The van der Waals surface area contributed by atoms with Gasteiger partial charge in [-0.25, -0.2) is 0 Å². The molecule has 0 fully saturated rings. The van der Waals surface area contributed by atoms with Crippen molar-refractivity contribution in [3.63, 3.8) is 0 Å². The van der Waals surface area contributed by atoms with E-state index in [2.05, 4.69) is 54.8 Å². The summed E-state index contributed by atoms with van der Waals surface area (Å²) in [5, 5.41) is 7.13. The Kier molecular flexibility index (Phi) is 6.58. The molecule has 2 aromatic carbocycles. The van der Waals surface area contributed by atoms with E-state index < -0.39 is 0 Å². The number of aryl methyl sites for hydroxylation is 1. The molecule has 0 bridgehead atoms. The number of thiocarbonyl (C=S) groups is 1. The maximum absolute atomic E-state index is 5.49. The van der Waals surface area contributed by atoms with Crippen LogP contribution in [0.4, 0.5) is 5.69 Å². The number of rotatable bonds is 6. The number of para-hydroxylation sites is 1. The zero-order chi connectivity index (χ0) is 17.5. The number of ether oxygens (including phenoxy) is 1. The van der Waals surface area contributed by atoms with Crippen LogP contribution >= 0.6 is 12.2 Å². The first kappa shape index (κ1) is 18.2. The zero-order valence-electron chi connectivity index (χ0n) is 14.7. The van der Waals surface area contributed by atoms with E-state index in [1.165, 1.54) is 5.56 Å². The molecule has 0 saturated carbocycles. The fourth-order valence-corrected chi connectivity index (χ4v) is 2.72. The molecule has 0 spiro atoms.